The van der Waals surface area contributed by atoms with E-state index in [1.807, 2.05) is 6.20 Å². The van der Waals surface area contributed by atoms with Gasteiger partial charge in [0.25, 0.3) is 0 Å². The number of unbranched alkanes of at least 4 members (excludes halogenated alkanes) is 2. The smallest absolute Gasteiger partial charge is 0.129 e. The van der Waals surface area contributed by atoms with Gasteiger partial charge in [0.2, 0.25) is 0 Å². The molecule has 0 atom stereocenters. The van der Waals surface area contributed by atoms with E-state index in [1.165, 1.54) is 24.8 Å². The van der Waals surface area contributed by atoms with Gasteiger partial charge in [0.15, 0.2) is 0 Å². The fourth-order valence-electron chi connectivity index (χ4n) is 2.40. The summed E-state index contributed by atoms with van der Waals surface area (Å²) in [7, 11) is 0. The molecule has 1 aromatic rings. The highest BCUT2D eigenvalue weighted by Gasteiger charge is 2.11. The van der Waals surface area contributed by atoms with Crippen LogP contribution in [0.2, 0.25) is 0 Å². The van der Waals surface area contributed by atoms with E-state index in [4.69, 9.17) is 0 Å². The third-order valence-corrected chi connectivity index (χ3v) is 3.61. The van der Waals surface area contributed by atoms with Crippen molar-refractivity contribution in [3.05, 3.63) is 23.9 Å². The zero-order chi connectivity index (χ0) is 15.7. The Bertz CT molecular complexity index is 388. The average molecular weight is 291 g/mol. The Balaban J connectivity index is 2.65. The summed E-state index contributed by atoms with van der Waals surface area (Å²) in [6.07, 6.45) is 5.74. The lowest BCUT2D eigenvalue weighted by molar-refractivity contribution is 0.552. The third-order valence-electron chi connectivity index (χ3n) is 3.61. The van der Waals surface area contributed by atoms with Gasteiger partial charge in [-0.15, -0.1) is 0 Å². The first-order valence-corrected chi connectivity index (χ1v) is 8.46. The van der Waals surface area contributed by atoms with Crippen LogP contribution in [-0.2, 0) is 6.54 Å². The summed E-state index contributed by atoms with van der Waals surface area (Å²) in [6, 6.07) is 4.84. The Labute approximate surface area is 131 Å². The predicted molar refractivity (Wildman–Crippen MR) is 92.8 cm³/mol. The quantitative estimate of drug-likeness (QED) is 0.654. The fraction of sp³-hybridized carbons (Fsp3) is 0.722. The summed E-state index contributed by atoms with van der Waals surface area (Å²) in [4.78, 5) is 7.00. The van der Waals surface area contributed by atoms with Gasteiger partial charge in [-0.1, -0.05) is 33.6 Å². The first kappa shape index (κ1) is 18.0. The summed E-state index contributed by atoms with van der Waals surface area (Å²) in [6.45, 7) is 14.3. The van der Waals surface area contributed by atoms with Gasteiger partial charge >= 0.3 is 0 Å². The second-order valence-electron chi connectivity index (χ2n) is 6.54. The lowest BCUT2D eigenvalue weighted by Crippen LogP contribution is -2.32. The Kier molecular flexibility index (Phi) is 8.36. The van der Waals surface area contributed by atoms with Gasteiger partial charge in [-0.25, -0.2) is 4.98 Å². The minimum Gasteiger partial charge on any atom is -0.354 e. The Morgan fingerprint density at radius 2 is 1.95 bits per heavy atom. The molecule has 0 unspecified atom stereocenters. The zero-order valence-corrected chi connectivity index (χ0v) is 14.5. The maximum atomic E-state index is 4.58. The van der Waals surface area contributed by atoms with Crippen LogP contribution in [0.15, 0.2) is 18.3 Å². The van der Waals surface area contributed by atoms with Crippen molar-refractivity contribution >= 4 is 5.82 Å². The molecule has 3 heteroatoms. The normalized spacial score (nSPS) is 11.4. The van der Waals surface area contributed by atoms with E-state index in [2.05, 4.69) is 62.0 Å². The molecule has 0 aromatic carbocycles. The van der Waals surface area contributed by atoms with Crippen molar-refractivity contribution in [1.29, 1.82) is 0 Å². The monoisotopic (exact) mass is 291 g/mol. The van der Waals surface area contributed by atoms with E-state index in [9.17, 15) is 0 Å². The highest BCUT2D eigenvalue weighted by molar-refractivity contribution is 5.41. The molecule has 0 saturated carbocycles. The molecule has 1 N–H and O–H groups in total. The van der Waals surface area contributed by atoms with Crippen molar-refractivity contribution in [2.24, 2.45) is 5.92 Å². The number of pyridine rings is 1. The molecule has 120 valence electrons. The molecule has 0 radical (unpaired) electrons. The highest BCUT2D eigenvalue weighted by Crippen LogP contribution is 2.17. The van der Waals surface area contributed by atoms with Crippen LogP contribution in [0, 0.1) is 5.92 Å². The van der Waals surface area contributed by atoms with Crippen LogP contribution in [0.3, 0.4) is 0 Å². The van der Waals surface area contributed by atoms with Crippen LogP contribution >= 0.6 is 0 Å². The molecule has 0 bridgehead atoms. The maximum Gasteiger partial charge on any atom is 0.129 e. The van der Waals surface area contributed by atoms with Crippen LogP contribution in [0.5, 0.6) is 0 Å². The topological polar surface area (TPSA) is 28.2 Å². The Morgan fingerprint density at radius 3 is 2.57 bits per heavy atom. The van der Waals surface area contributed by atoms with Gasteiger partial charge in [-0.05, 0) is 50.4 Å². The van der Waals surface area contributed by atoms with Crippen LogP contribution in [-0.4, -0.2) is 24.1 Å². The summed E-state index contributed by atoms with van der Waals surface area (Å²) in [5, 5.41) is 3.50. The van der Waals surface area contributed by atoms with E-state index in [0.717, 1.165) is 25.5 Å². The number of aromatic nitrogens is 1. The minimum atomic E-state index is 0.494. The number of nitrogens with zero attached hydrogens (tertiary/aromatic N) is 2. The number of hydrogen-bond acceptors (Lipinski definition) is 3. The zero-order valence-electron chi connectivity index (χ0n) is 14.5. The first-order chi connectivity index (χ1) is 10.0. The van der Waals surface area contributed by atoms with Gasteiger partial charge < -0.3 is 10.2 Å². The van der Waals surface area contributed by atoms with Gasteiger partial charge in [-0.2, -0.15) is 0 Å². The molecule has 0 aliphatic carbocycles. The van der Waals surface area contributed by atoms with Crippen molar-refractivity contribution in [2.45, 2.75) is 66.5 Å². The highest BCUT2D eigenvalue weighted by atomic mass is 15.2. The van der Waals surface area contributed by atoms with Gasteiger partial charge in [0.05, 0.1) is 0 Å². The molecule has 0 saturated heterocycles. The van der Waals surface area contributed by atoms with Crippen LogP contribution in [0.25, 0.3) is 0 Å². The number of nitrogens with one attached hydrogen (secondary N) is 1. The van der Waals surface area contributed by atoms with Crippen LogP contribution in [0.4, 0.5) is 5.82 Å². The summed E-state index contributed by atoms with van der Waals surface area (Å²) in [5.41, 5.74) is 1.32. The van der Waals surface area contributed by atoms with Crippen molar-refractivity contribution < 1.29 is 0 Å². The molecule has 0 spiro atoms. The summed E-state index contributed by atoms with van der Waals surface area (Å²) in [5.74, 6) is 1.80. The SMILES string of the molecule is CCCCCN(c1cc(CNCC(C)C)ccn1)C(C)C. The molecule has 1 aromatic heterocycles. The van der Waals surface area contributed by atoms with E-state index in [0.29, 0.717) is 12.0 Å². The largest absolute Gasteiger partial charge is 0.354 e. The van der Waals surface area contributed by atoms with Gasteiger partial charge in [0, 0.05) is 25.3 Å². The number of anilines is 1. The predicted octanol–water partition coefficient (Wildman–Crippen LogP) is 4.23. The number of hydrogen-bond donors (Lipinski definition) is 1. The number of rotatable bonds is 10. The maximum absolute atomic E-state index is 4.58. The lowest BCUT2D eigenvalue weighted by atomic mass is 10.2. The van der Waals surface area contributed by atoms with Crippen molar-refractivity contribution in [3.63, 3.8) is 0 Å². The third kappa shape index (κ3) is 6.94. The molecule has 21 heavy (non-hydrogen) atoms. The summed E-state index contributed by atoms with van der Waals surface area (Å²) >= 11 is 0. The fourth-order valence-corrected chi connectivity index (χ4v) is 2.40. The molecular weight excluding hydrogens is 258 g/mol. The minimum absolute atomic E-state index is 0.494. The van der Waals surface area contributed by atoms with E-state index < -0.39 is 0 Å². The van der Waals surface area contributed by atoms with Gasteiger partial charge in [0.1, 0.15) is 5.82 Å². The standard InChI is InChI=1S/C18H33N3/c1-6-7-8-11-21(16(4)5)18-12-17(9-10-20-18)14-19-13-15(2)3/h9-10,12,15-16,19H,6-8,11,13-14H2,1-5H3. The second kappa shape index (κ2) is 9.78. The summed E-state index contributed by atoms with van der Waals surface area (Å²) < 4.78 is 0. The lowest BCUT2D eigenvalue weighted by Gasteiger charge is -2.28. The van der Waals surface area contributed by atoms with Crippen LogP contribution in [0.1, 0.15) is 59.4 Å². The molecule has 0 fully saturated rings. The van der Waals surface area contributed by atoms with Crippen molar-refractivity contribution in [2.75, 3.05) is 18.0 Å². The first-order valence-electron chi connectivity index (χ1n) is 8.46. The molecular formula is C18H33N3. The van der Waals surface area contributed by atoms with Crippen LogP contribution < -0.4 is 10.2 Å². The van der Waals surface area contributed by atoms with E-state index in [-0.39, 0.29) is 0 Å². The van der Waals surface area contributed by atoms with Crippen molar-refractivity contribution in [3.8, 4) is 0 Å². The molecule has 0 amide bonds. The second-order valence-corrected chi connectivity index (χ2v) is 6.54. The molecule has 1 rings (SSSR count). The molecule has 1 heterocycles. The van der Waals surface area contributed by atoms with E-state index >= 15 is 0 Å². The van der Waals surface area contributed by atoms with E-state index in [1.54, 1.807) is 0 Å². The molecule has 3 nitrogen and oxygen atoms in total. The Morgan fingerprint density at radius 1 is 1.19 bits per heavy atom. The average Bonchev–Trinajstić information content (AvgIpc) is 2.43. The molecule has 0 aliphatic rings. The van der Waals surface area contributed by atoms with Gasteiger partial charge in [-0.3, -0.25) is 0 Å². The molecule has 0 aliphatic heterocycles. The Hall–Kier alpha value is -1.09. The van der Waals surface area contributed by atoms with Crippen molar-refractivity contribution in [1.82, 2.24) is 10.3 Å².